The van der Waals surface area contributed by atoms with Crippen LogP contribution in [0.25, 0.3) is 0 Å². The monoisotopic (exact) mass is 299 g/mol. The Balaban J connectivity index is 2.84. The van der Waals surface area contributed by atoms with Gasteiger partial charge in [0.05, 0.1) is 0 Å². The van der Waals surface area contributed by atoms with Gasteiger partial charge in [-0.1, -0.05) is 28.4 Å². The second kappa shape index (κ2) is 6.20. The van der Waals surface area contributed by atoms with Crippen LogP contribution in [0.2, 0.25) is 0 Å². The second-order valence-electron chi connectivity index (χ2n) is 2.44. The molecular weight excluding hydrogens is 297 g/mol. The van der Waals surface area contributed by atoms with E-state index in [1.165, 1.54) is 11.3 Å². The number of oxime groups is 1. The Kier molecular flexibility index (Phi) is 5.21. The maximum Gasteiger partial charge on any atom is 0.367 e. The molecular formula is C8H4Cl3NO3S. The van der Waals surface area contributed by atoms with Crippen molar-refractivity contribution in [3.05, 3.63) is 22.4 Å². The highest BCUT2D eigenvalue weighted by molar-refractivity contribution is 7.08. The van der Waals surface area contributed by atoms with Crippen LogP contribution >= 0.6 is 46.1 Å². The fourth-order valence-corrected chi connectivity index (χ4v) is 1.60. The normalized spacial score (nSPS) is 11.6. The zero-order valence-electron chi connectivity index (χ0n) is 7.52. The number of rotatable bonds is 4. The number of nitrogens with zero attached hydrogens (tertiary/aromatic N) is 1. The molecule has 0 radical (unpaired) electrons. The Bertz CT molecular complexity index is 416. The first-order chi connectivity index (χ1) is 7.52. The largest absolute Gasteiger partial charge is 0.367 e. The molecule has 0 saturated heterocycles. The Morgan fingerprint density at radius 1 is 1.44 bits per heavy atom. The molecule has 0 N–H and O–H groups in total. The van der Waals surface area contributed by atoms with Gasteiger partial charge in [-0.25, -0.2) is 4.79 Å². The number of carbonyl (C=O) groups is 2. The first-order valence-corrected chi connectivity index (χ1v) is 6.01. The van der Waals surface area contributed by atoms with Crippen LogP contribution in [-0.4, -0.2) is 21.8 Å². The molecule has 0 aliphatic carbocycles. The van der Waals surface area contributed by atoms with Crippen LogP contribution in [0, 0.1) is 0 Å². The van der Waals surface area contributed by atoms with E-state index in [4.69, 9.17) is 34.8 Å². The number of halogens is 3. The molecule has 0 spiro atoms. The van der Waals surface area contributed by atoms with Gasteiger partial charge in [-0.15, -0.1) is 0 Å². The van der Waals surface area contributed by atoms with E-state index in [1.807, 2.05) is 0 Å². The molecule has 0 amide bonds. The minimum atomic E-state index is -1.36. The van der Waals surface area contributed by atoms with Gasteiger partial charge in [-0.3, -0.25) is 4.79 Å². The lowest BCUT2D eigenvalue weighted by Crippen LogP contribution is -2.14. The van der Waals surface area contributed by atoms with Gasteiger partial charge < -0.3 is 4.84 Å². The van der Waals surface area contributed by atoms with E-state index in [0.29, 0.717) is 5.56 Å². The van der Waals surface area contributed by atoms with Gasteiger partial charge in [0, 0.05) is 10.9 Å². The van der Waals surface area contributed by atoms with E-state index < -0.39 is 16.0 Å². The zero-order valence-corrected chi connectivity index (χ0v) is 10.6. The Morgan fingerprint density at radius 2 is 2.12 bits per heavy atom. The molecule has 1 aromatic heterocycles. The highest BCUT2D eigenvalue weighted by Gasteiger charge is 2.17. The number of hydrogen-bond acceptors (Lipinski definition) is 5. The van der Waals surface area contributed by atoms with Crippen LogP contribution < -0.4 is 0 Å². The first-order valence-electron chi connectivity index (χ1n) is 3.81. The molecule has 4 nitrogen and oxygen atoms in total. The minimum Gasteiger partial charge on any atom is -0.314 e. The molecule has 0 atom stereocenters. The average molecular weight is 301 g/mol. The van der Waals surface area contributed by atoms with E-state index in [0.717, 1.165) is 0 Å². The maximum absolute atomic E-state index is 11.0. The molecule has 0 aromatic carbocycles. The van der Waals surface area contributed by atoms with Crippen molar-refractivity contribution < 1.29 is 14.4 Å². The summed E-state index contributed by atoms with van der Waals surface area (Å²) in [7, 11) is 0. The number of hydrogen-bond donors (Lipinski definition) is 0. The van der Waals surface area contributed by atoms with Gasteiger partial charge in [-0.2, -0.15) is 11.3 Å². The number of carbonyl (C=O) groups excluding carboxylic acids is 2. The lowest BCUT2D eigenvalue weighted by molar-refractivity contribution is -0.141. The van der Waals surface area contributed by atoms with Crippen LogP contribution in [0.15, 0.2) is 22.0 Å². The summed E-state index contributed by atoms with van der Waals surface area (Å²) in [6, 6.07) is 1.61. The van der Waals surface area contributed by atoms with E-state index >= 15 is 0 Å². The molecule has 1 aromatic rings. The molecule has 86 valence electrons. The SMILES string of the molecule is O=C(Cl)/C(=N/OC(=O)C(Cl)Cl)c1ccsc1. The summed E-state index contributed by atoms with van der Waals surface area (Å²) in [5.74, 6) is -0.978. The summed E-state index contributed by atoms with van der Waals surface area (Å²) in [5, 5.41) is 5.82. The van der Waals surface area contributed by atoms with E-state index in [2.05, 4.69) is 9.99 Å². The molecule has 0 bridgehead atoms. The number of alkyl halides is 2. The van der Waals surface area contributed by atoms with Gasteiger partial charge >= 0.3 is 5.97 Å². The van der Waals surface area contributed by atoms with E-state index in [9.17, 15) is 9.59 Å². The lowest BCUT2D eigenvalue weighted by Gasteiger charge is -1.99. The standard InChI is InChI=1S/C8H4Cl3NO3S/c9-6(10)8(14)15-12-5(7(11)13)4-1-2-16-3-4/h1-3,6H/b12-5+. The number of thiophene rings is 1. The Morgan fingerprint density at radius 3 is 2.56 bits per heavy atom. The fraction of sp³-hybridized carbons (Fsp3) is 0.125. The van der Waals surface area contributed by atoms with Crippen molar-refractivity contribution >= 4 is 63.1 Å². The predicted molar refractivity (Wildman–Crippen MR) is 63.3 cm³/mol. The lowest BCUT2D eigenvalue weighted by atomic mass is 10.2. The fourth-order valence-electron chi connectivity index (χ4n) is 0.732. The third-order valence-corrected chi connectivity index (χ3v) is 2.60. The summed E-state index contributed by atoms with van der Waals surface area (Å²) in [4.78, 5) is 24.9. The molecule has 8 heteroatoms. The van der Waals surface area contributed by atoms with Crippen molar-refractivity contribution in [2.45, 2.75) is 4.84 Å². The van der Waals surface area contributed by atoms with Crippen molar-refractivity contribution in [1.82, 2.24) is 0 Å². The van der Waals surface area contributed by atoms with E-state index in [-0.39, 0.29) is 5.71 Å². The molecule has 16 heavy (non-hydrogen) atoms. The van der Waals surface area contributed by atoms with Crippen molar-refractivity contribution in [2.24, 2.45) is 5.16 Å². The van der Waals surface area contributed by atoms with Crippen LogP contribution in [0.5, 0.6) is 0 Å². The molecule has 1 heterocycles. The average Bonchev–Trinajstić information content (AvgIpc) is 2.70. The van der Waals surface area contributed by atoms with Crippen LogP contribution in [0.1, 0.15) is 5.56 Å². The van der Waals surface area contributed by atoms with Gasteiger partial charge in [-0.05, 0) is 23.0 Å². The molecule has 1 rings (SSSR count). The highest BCUT2D eigenvalue weighted by atomic mass is 35.5. The summed E-state index contributed by atoms with van der Waals surface area (Å²) in [6.07, 6.45) is 0. The van der Waals surface area contributed by atoms with Gasteiger partial charge in [0.1, 0.15) is 0 Å². The van der Waals surface area contributed by atoms with Gasteiger partial charge in [0.2, 0.25) is 4.84 Å². The zero-order chi connectivity index (χ0) is 12.1. The minimum absolute atomic E-state index is 0.176. The van der Waals surface area contributed by atoms with Crippen molar-refractivity contribution in [1.29, 1.82) is 0 Å². The highest BCUT2D eigenvalue weighted by Crippen LogP contribution is 2.11. The van der Waals surface area contributed by atoms with Crippen molar-refractivity contribution in [2.75, 3.05) is 0 Å². The summed E-state index contributed by atoms with van der Waals surface area (Å²) in [5.41, 5.74) is 0.281. The van der Waals surface area contributed by atoms with Crippen molar-refractivity contribution in [3.63, 3.8) is 0 Å². The molecule has 0 aliphatic rings. The van der Waals surface area contributed by atoms with E-state index in [1.54, 1.807) is 16.8 Å². The molecule has 0 saturated carbocycles. The first kappa shape index (κ1) is 13.4. The van der Waals surface area contributed by atoms with Crippen LogP contribution in [-0.2, 0) is 14.4 Å². The van der Waals surface area contributed by atoms with Gasteiger partial charge in [0.25, 0.3) is 5.24 Å². The molecule has 0 fully saturated rings. The molecule has 0 aliphatic heterocycles. The summed E-state index contributed by atoms with van der Waals surface area (Å²) >= 11 is 17.1. The van der Waals surface area contributed by atoms with Crippen molar-refractivity contribution in [3.8, 4) is 0 Å². The second-order valence-corrected chi connectivity index (χ2v) is 4.66. The Labute approximate surface area is 110 Å². The van der Waals surface area contributed by atoms with Crippen LogP contribution in [0.4, 0.5) is 0 Å². The smallest absolute Gasteiger partial charge is 0.314 e. The summed E-state index contributed by atoms with van der Waals surface area (Å²) in [6.45, 7) is 0. The third kappa shape index (κ3) is 3.75. The van der Waals surface area contributed by atoms with Crippen LogP contribution in [0.3, 0.4) is 0 Å². The molecule has 0 unspecified atom stereocenters. The Hall–Kier alpha value is -0.620. The van der Waals surface area contributed by atoms with Gasteiger partial charge in [0.15, 0.2) is 5.71 Å². The third-order valence-electron chi connectivity index (χ3n) is 1.39. The topological polar surface area (TPSA) is 55.7 Å². The quantitative estimate of drug-likeness (QED) is 0.282. The summed E-state index contributed by atoms with van der Waals surface area (Å²) < 4.78 is 0. The predicted octanol–water partition coefficient (Wildman–Crippen LogP) is 2.56. The maximum atomic E-state index is 11.0.